The van der Waals surface area contributed by atoms with Gasteiger partial charge in [-0.2, -0.15) is 0 Å². The van der Waals surface area contributed by atoms with Gasteiger partial charge in [-0.3, -0.25) is 9.36 Å². The molecule has 1 N–H and O–H groups in total. The number of aryl methyl sites for hydroxylation is 1. The van der Waals surface area contributed by atoms with Crippen molar-refractivity contribution in [3.63, 3.8) is 0 Å². The lowest BCUT2D eigenvalue weighted by Gasteiger charge is -2.35. The number of urea groups is 1. The topological polar surface area (TPSA) is 70.5 Å². The number of piperazine rings is 1. The van der Waals surface area contributed by atoms with Crippen molar-refractivity contribution >= 4 is 28.6 Å². The average molecular weight is 472 g/mol. The Morgan fingerprint density at radius 2 is 1.71 bits per heavy atom. The van der Waals surface area contributed by atoms with Crippen molar-refractivity contribution in [3.05, 3.63) is 100 Å². The van der Waals surface area contributed by atoms with Gasteiger partial charge in [-0.05, 0) is 42.8 Å². The van der Waals surface area contributed by atoms with Crippen molar-refractivity contribution in [2.75, 3.05) is 36.4 Å². The number of carbonyl (C=O) groups excluding carboxylic acids is 1. The highest BCUT2D eigenvalue weighted by Crippen LogP contribution is 2.18. The molecule has 1 saturated heterocycles. The number of aromatic nitrogens is 2. The number of benzene rings is 3. The first-order chi connectivity index (χ1) is 17.0. The monoisotopic (exact) mass is 471 g/mol. The molecule has 1 aliphatic rings. The molecule has 0 spiro atoms. The zero-order chi connectivity index (χ0) is 24.4. The quantitative estimate of drug-likeness (QED) is 0.483. The lowest BCUT2D eigenvalue weighted by Crippen LogP contribution is -2.51. The highest BCUT2D eigenvalue weighted by atomic mass is 19.1. The zero-order valence-corrected chi connectivity index (χ0v) is 19.4. The maximum absolute atomic E-state index is 13.6. The molecule has 0 aliphatic carbocycles. The second kappa shape index (κ2) is 9.58. The number of nitrogens with zero attached hydrogens (tertiary/aromatic N) is 4. The molecule has 0 saturated carbocycles. The van der Waals surface area contributed by atoms with Crippen molar-refractivity contribution in [2.45, 2.75) is 13.5 Å². The first-order valence-corrected chi connectivity index (χ1v) is 11.6. The van der Waals surface area contributed by atoms with Gasteiger partial charge in [0.05, 0.1) is 17.6 Å². The van der Waals surface area contributed by atoms with Crippen LogP contribution in [0.25, 0.3) is 11.0 Å². The van der Waals surface area contributed by atoms with Crippen LogP contribution in [0.2, 0.25) is 0 Å². The van der Waals surface area contributed by atoms with Crippen LogP contribution in [-0.2, 0) is 6.54 Å². The Hall–Kier alpha value is -4.20. The summed E-state index contributed by atoms with van der Waals surface area (Å²) in [7, 11) is 0. The minimum absolute atomic E-state index is 0.151. The van der Waals surface area contributed by atoms with Gasteiger partial charge >= 0.3 is 6.03 Å². The van der Waals surface area contributed by atoms with Crippen LogP contribution in [0.4, 0.5) is 20.7 Å². The SMILES string of the molecule is Cc1ccc(Cn2c(=O)c(N3CCN(C(=O)Nc4cccc(F)c4)CC3)nc3ccccc32)cc1. The number of hydrogen-bond acceptors (Lipinski definition) is 4. The van der Waals surface area contributed by atoms with E-state index in [1.807, 2.05) is 60.4 Å². The molecule has 3 aromatic carbocycles. The number of halogens is 1. The summed E-state index contributed by atoms with van der Waals surface area (Å²) in [6, 6.07) is 21.3. The fourth-order valence-electron chi connectivity index (χ4n) is 4.31. The van der Waals surface area contributed by atoms with Crippen LogP contribution in [0.5, 0.6) is 0 Å². The van der Waals surface area contributed by atoms with E-state index in [9.17, 15) is 14.0 Å². The number of hydrogen-bond donors (Lipinski definition) is 1. The summed E-state index contributed by atoms with van der Waals surface area (Å²) >= 11 is 0. The second-order valence-electron chi connectivity index (χ2n) is 8.72. The number of para-hydroxylation sites is 2. The van der Waals surface area contributed by atoms with Gasteiger partial charge < -0.3 is 15.1 Å². The zero-order valence-electron chi connectivity index (χ0n) is 19.4. The predicted molar refractivity (Wildman–Crippen MR) is 135 cm³/mol. The standard InChI is InChI=1S/C27H26FN5O2/c1-19-9-11-20(12-10-19)18-33-24-8-3-2-7-23(24)30-25(26(33)34)31-13-15-32(16-14-31)27(35)29-22-6-4-5-21(28)17-22/h2-12,17H,13-16,18H2,1H3,(H,29,35). The largest absolute Gasteiger partial charge is 0.348 e. The molecule has 1 aliphatic heterocycles. The normalized spacial score (nSPS) is 13.8. The summed E-state index contributed by atoms with van der Waals surface area (Å²) in [5.41, 5.74) is 4.00. The summed E-state index contributed by atoms with van der Waals surface area (Å²) < 4.78 is 15.2. The molecule has 2 amide bonds. The Bertz CT molecular complexity index is 1430. The lowest BCUT2D eigenvalue weighted by molar-refractivity contribution is 0.208. The predicted octanol–water partition coefficient (Wildman–Crippen LogP) is 4.25. The van der Waals surface area contributed by atoms with Crippen LogP contribution < -0.4 is 15.8 Å². The number of carbonyl (C=O) groups is 1. The number of rotatable bonds is 4. The number of anilines is 2. The molecular formula is C27H26FN5O2. The fraction of sp³-hybridized carbons (Fsp3) is 0.222. The summed E-state index contributed by atoms with van der Waals surface area (Å²) in [6.45, 7) is 4.28. The van der Waals surface area contributed by atoms with E-state index in [2.05, 4.69) is 5.32 Å². The van der Waals surface area contributed by atoms with Crippen molar-refractivity contribution in [2.24, 2.45) is 0 Å². The molecule has 178 valence electrons. The Kier molecular flexibility index (Phi) is 6.18. The summed E-state index contributed by atoms with van der Waals surface area (Å²) in [4.78, 5) is 34.5. The van der Waals surface area contributed by atoms with Gasteiger partial charge in [0.15, 0.2) is 5.82 Å². The summed E-state index contributed by atoms with van der Waals surface area (Å²) in [5.74, 6) is -0.0158. The Labute approximate surface area is 202 Å². The van der Waals surface area contributed by atoms with E-state index >= 15 is 0 Å². The minimum Gasteiger partial charge on any atom is -0.348 e. The molecule has 2 heterocycles. The second-order valence-corrected chi connectivity index (χ2v) is 8.72. The van der Waals surface area contributed by atoms with Crippen LogP contribution in [0.15, 0.2) is 77.6 Å². The third-order valence-electron chi connectivity index (χ3n) is 6.24. The molecule has 8 heteroatoms. The molecule has 0 radical (unpaired) electrons. The number of amides is 2. The molecule has 0 atom stereocenters. The average Bonchev–Trinajstić information content (AvgIpc) is 2.87. The van der Waals surface area contributed by atoms with Crippen molar-refractivity contribution < 1.29 is 9.18 Å². The Morgan fingerprint density at radius 3 is 2.46 bits per heavy atom. The van der Waals surface area contributed by atoms with Crippen LogP contribution in [0, 0.1) is 12.7 Å². The molecule has 5 rings (SSSR count). The van der Waals surface area contributed by atoms with Crippen molar-refractivity contribution in [1.82, 2.24) is 14.5 Å². The molecule has 0 unspecified atom stereocenters. The van der Waals surface area contributed by atoms with Gasteiger partial charge in [0.2, 0.25) is 0 Å². The minimum atomic E-state index is -0.406. The molecule has 7 nitrogen and oxygen atoms in total. The van der Waals surface area contributed by atoms with Crippen LogP contribution in [0.3, 0.4) is 0 Å². The Morgan fingerprint density at radius 1 is 0.971 bits per heavy atom. The van der Waals surface area contributed by atoms with E-state index in [4.69, 9.17) is 4.98 Å². The first-order valence-electron chi connectivity index (χ1n) is 11.6. The smallest absolute Gasteiger partial charge is 0.321 e. The van der Waals surface area contributed by atoms with Crippen LogP contribution in [-0.4, -0.2) is 46.7 Å². The highest BCUT2D eigenvalue weighted by molar-refractivity contribution is 5.89. The lowest BCUT2D eigenvalue weighted by atomic mass is 10.1. The molecule has 35 heavy (non-hydrogen) atoms. The van der Waals surface area contributed by atoms with Gasteiger partial charge in [-0.25, -0.2) is 14.2 Å². The number of nitrogens with one attached hydrogen (secondary N) is 1. The van der Waals surface area contributed by atoms with Gasteiger partial charge in [0.1, 0.15) is 5.82 Å². The fourth-order valence-corrected chi connectivity index (χ4v) is 4.31. The van der Waals surface area contributed by atoms with Crippen molar-refractivity contribution in [1.29, 1.82) is 0 Å². The summed E-state index contributed by atoms with van der Waals surface area (Å²) in [6.07, 6.45) is 0. The van der Waals surface area contributed by atoms with Crippen LogP contribution in [0.1, 0.15) is 11.1 Å². The molecule has 0 bridgehead atoms. The Balaban J connectivity index is 1.36. The third-order valence-corrected chi connectivity index (χ3v) is 6.24. The maximum Gasteiger partial charge on any atom is 0.321 e. The first kappa shape index (κ1) is 22.6. The maximum atomic E-state index is 13.6. The van der Waals surface area contributed by atoms with Gasteiger partial charge in [0, 0.05) is 31.9 Å². The van der Waals surface area contributed by atoms with E-state index < -0.39 is 5.82 Å². The van der Waals surface area contributed by atoms with E-state index in [1.54, 1.807) is 21.6 Å². The molecule has 4 aromatic rings. The van der Waals surface area contributed by atoms with Crippen molar-refractivity contribution in [3.8, 4) is 0 Å². The molecular weight excluding hydrogens is 445 g/mol. The summed E-state index contributed by atoms with van der Waals surface area (Å²) in [5, 5.41) is 2.73. The highest BCUT2D eigenvalue weighted by Gasteiger charge is 2.25. The van der Waals surface area contributed by atoms with Gasteiger partial charge in [-0.15, -0.1) is 0 Å². The van der Waals surface area contributed by atoms with E-state index in [1.165, 1.54) is 17.7 Å². The third kappa shape index (κ3) is 4.87. The van der Waals surface area contributed by atoms with E-state index in [0.717, 1.165) is 16.6 Å². The molecule has 1 aromatic heterocycles. The van der Waals surface area contributed by atoms with Gasteiger partial charge in [0.25, 0.3) is 5.56 Å². The van der Waals surface area contributed by atoms with E-state index in [0.29, 0.717) is 44.2 Å². The number of fused-ring (bicyclic) bond motifs is 1. The molecule has 1 fully saturated rings. The van der Waals surface area contributed by atoms with Gasteiger partial charge in [-0.1, -0.05) is 48.0 Å². The van der Waals surface area contributed by atoms with E-state index in [-0.39, 0.29) is 11.6 Å². The van der Waals surface area contributed by atoms with Crippen LogP contribution >= 0.6 is 0 Å².